The first kappa shape index (κ1) is 15.0. The molecule has 0 amide bonds. The Kier molecular flexibility index (Phi) is 5.94. The molecular formula is C15H32N2. The summed E-state index contributed by atoms with van der Waals surface area (Å²) in [5.74, 6) is 0.981. The van der Waals surface area contributed by atoms with Gasteiger partial charge in [-0.1, -0.05) is 26.7 Å². The second-order valence-electron chi connectivity index (χ2n) is 6.14. The fourth-order valence-electron chi connectivity index (χ4n) is 3.34. The average Bonchev–Trinajstić information content (AvgIpc) is 2.38. The van der Waals surface area contributed by atoms with Crippen molar-refractivity contribution in [1.29, 1.82) is 0 Å². The highest BCUT2D eigenvalue weighted by molar-refractivity contribution is 4.90. The molecule has 0 bridgehead atoms. The maximum atomic E-state index is 6.01. The highest BCUT2D eigenvalue weighted by atomic mass is 15.2. The lowest BCUT2D eigenvalue weighted by Gasteiger charge is -2.45. The van der Waals surface area contributed by atoms with Gasteiger partial charge < -0.3 is 5.73 Å². The van der Waals surface area contributed by atoms with Crippen LogP contribution in [0.1, 0.15) is 65.7 Å². The third-order valence-electron chi connectivity index (χ3n) is 5.02. The molecule has 0 radical (unpaired) electrons. The summed E-state index contributed by atoms with van der Waals surface area (Å²) >= 11 is 0. The smallest absolute Gasteiger partial charge is 0.0303 e. The molecule has 1 atom stereocenters. The molecule has 1 fully saturated rings. The Hall–Kier alpha value is -0.0800. The molecule has 1 rings (SSSR count). The number of rotatable bonds is 6. The van der Waals surface area contributed by atoms with Crippen molar-refractivity contribution in [2.75, 3.05) is 13.6 Å². The van der Waals surface area contributed by atoms with Gasteiger partial charge in [-0.05, 0) is 52.0 Å². The van der Waals surface area contributed by atoms with Crippen LogP contribution in [0.3, 0.4) is 0 Å². The summed E-state index contributed by atoms with van der Waals surface area (Å²) < 4.78 is 0. The zero-order valence-electron chi connectivity index (χ0n) is 12.3. The quantitative estimate of drug-likeness (QED) is 0.771. The van der Waals surface area contributed by atoms with Gasteiger partial charge in [-0.2, -0.15) is 0 Å². The van der Waals surface area contributed by atoms with Gasteiger partial charge in [0.05, 0.1) is 0 Å². The van der Waals surface area contributed by atoms with Gasteiger partial charge in [0.15, 0.2) is 0 Å². The van der Waals surface area contributed by atoms with Crippen LogP contribution in [0.25, 0.3) is 0 Å². The first-order valence-corrected chi connectivity index (χ1v) is 7.50. The molecule has 102 valence electrons. The van der Waals surface area contributed by atoms with Crippen LogP contribution in [0.4, 0.5) is 0 Å². The van der Waals surface area contributed by atoms with Crippen molar-refractivity contribution in [1.82, 2.24) is 4.90 Å². The zero-order chi connectivity index (χ0) is 12.9. The van der Waals surface area contributed by atoms with Crippen LogP contribution in [-0.4, -0.2) is 30.1 Å². The average molecular weight is 240 g/mol. The Balaban J connectivity index is 2.54. The maximum absolute atomic E-state index is 6.01. The van der Waals surface area contributed by atoms with Crippen LogP contribution >= 0.6 is 0 Å². The van der Waals surface area contributed by atoms with Crippen LogP contribution in [0, 0.1) is 5.92 Å². The van der Waals surface area contributed by atoms with Crippen molar-refractivity contribution in [3.8, 4) is 0 Å². The molecule has 0 aromatic heterocycles. The molecule has 1 saturated carbocycles. The second kappa shape index (κ2) is 6.75. The molecule has 0 saturated heterocycles. The molecule has 2 heteroatoms. The van der Waals surface area contributed by atoms with E-state index in [0.29, 0.717) is 0 Å². The molecule has 0 aromatic carbocycles. The SMILES string of the molecule is CCCC(C)(CN)N(C)C1CCC(CC)CC1. The van der Waals surface area contributed by atoms with Gasteiger partial charge in [0.25, 0.3) is 0 Å². The van der Waals surface area contributed by atoms with Crippen molar-refractivity contribution in [2.24, 2.45) is 11.7 Å². The van der Waals surface area contributed by atoms with E-state index >= 15 is 0 Å². The van der Waals surface area contributed by atoms with Gasteiger partial charge in [-0.3, -0.25) is 4.90 Å². The zero-order valence-corrected chi connectivity index (χ0v) is 12.3. The van der Waals surface area contributed by atoms with Gasteiger partial charge in [0.1, 0.15) is 0 Å². The highest BCUT2D eigenvalue weighted by Crippen LogP contribution is 2.32. The van der Waals surface area contributed by atoms with Gasteiger partial charge in [0, 0.05) is 18.1 Å². The molecule has 1 unspecified atom stereocenters. The van der Waals surface area contributed by atoms with E-state index in [4.69, 9.17) is 5.73 Å². The maximum Gasteiger partial charge on any atom is 0.0303 e. The third kappa shape index (κ3) is 3.69. The van der Waals surface area contributed by atoms with Gasteiger partial charge in [-0.15, -0.1) is 0 Å². The lowest BCUT2D eigenvalue weighted by molar-refractivity contribution is 0.0539. The predicted molar refractivity (Wildman–Crippen MR) is 76.2 cm³/mol. The van der Waals surface area contributed by atoms with Crippen molar-refractivity contribution in [2.45, 2.75) is 77.3 Å². The molecule has 1 aliphatic rings. The Morgan fingerprint density at radius 2 is 1.76 bits per heavy atom. The van der Waals surface area contributed by atoms with Gasteiger partial charge in [0.2, 0.25) is 0 Å². The van der Waals surface area contributed by atoms with Crippen molar-refractivity contribution in [3.05, 3.63) is 0 Å². The molecule has 0 aromatic rings. The van der Waals surface area contributed by atoms with Crippen LogP contribution in [0.5, 0.6) is 0 Å². The molecule has 17 heavy (non-hydrogen) atoms. The third-order valence-corrected chi connectivity index (χ3v) is 5.02. The standard InChI is InChI=1S/C15H32N2/c1-5-11-15(3,12-16)17(4)14-9-7-13(6-2)8-10-14/h13-14H,5-12,16H2,1-4H3. The van der Waals surface area contributed by atoms with E-state index in [9.17, 15) is 0 Å². The van der Waals surface area contributed by atoms with E-state index in [0.717, 1.165) is 18.5 Å². The van der Waals surface area contributed by atoms with Crippen molar-refractivity contribution < 1.29 is 0 Å². The summed E-state index contributed by atoms with van der Waals surface area (Å²) in [6.45, 7) is 7.71. The summed E-state index contributed by atoms with van der Waals surface area (Å²) in [5.41, 5.74) is 6.22. The Bertz CT molecular complexity index is 209. The molecular weight excluding hydrogens is 208 g/mol. The van der Waals surface area contributed by atoms with Crippen LogP contribution in [0.2, 0.25) is 0 Å². The fraction of sp³-hybridized carbons (Fsp3) is 1.00. The largest absolute Gasteiger partial charge is 0.329 e. The molecule has 0 aliphatic heterocycles. The first-order valence-electron chi connectivity index (χ1n) is 7.50. The highest BCUT2D eigenvalue weighted by Gasteiger charge is 2.33. The molecule has 2 nitrogen and oxygen atoms in total. The van der Waals surface area contributed by atoms with Crippen molar-refractivity contribution >= 4 is 0 Å². The van der Waals surface area contributed by atoms with E-state index in [1.54, 1.807) is 0 Å². The number of likely N-dealkylation sites (N-methyl/N-ethyl adjacent to an activating group) is 1. The lowest BCUT2D eigenvalue weighted by Crippen LogP contribution is -2.54. The molecule has 1 aliphatic carbocycles. The van der Waals surface area contributed by atoms with E-state index < -0.39 is 0 Å². The van der Waals surface area contributed by atoms with Gasteiger partial charge >= 0.3 is 0 Å². The number of hydrogen-bond acceptors (Lipinski definition) is 2. The molecule has 0 spiro atoms. The van der Waals surface area contributed by atoms with Crippen LogP contribution in [-0.2, 0) is 0 Å². The topological polar surface area (TPSA) is 29.3 Å². The summed E-state index contributed by atoms with van der Waals surface area (Å²) in [5, 5.41) is 0. The minimum Gasteiger partial charge on any atom is -0.329 e. The van der Waals surface area contributed by atoms with E-state index in [-0.39, 0.29) is 5.54 Å². The summed E-state index contributed by atoms with van der Waals surface area (Å²) in [6.07, 6.45) is 9.37. The fourth-order valence-corrected chi connectivity index (χ4v) is 3.34. The second-order valence-corrected chi connectivity index (χ2v) is 6.14. The van der Waals surface area contributed by atoms with Gasteiger partial charge in [-0.25, -0.2) is 0 Å². The van der Waals surface area contributed by atoms with E-state index in [2.05, 4.69) is 32.7 Å². The Morgan fingerprint density at radius 3 is 2.18 bits per heavy atom. The van der Waals surface area contributed by atoms with Crippen molar-refractivity contribution in [3.63, 3.8) is 0 Å². The summed E-state index contributed by atoms with van der Waals surface area (Å²) in [7, 11) is 2.29. The van der Waals surface area contributed by atoms with Crippen LogP contribution < -0.4 is 5.73 Å². The minimum atomic E-state index is 0.207. The number of nitrogens with zero attached hydrogens (tertiary/aromatic N) is 1. The first-order chi connectivity index (χ1) is 8.07. The normalized spacial score (nSPS) is 29.3. The number of nitrogens with two attached hydrogens (primary N) is 1. The Morgan fingerprint density at radius 1 is 1.18 bits per heavy atom. The number of hydrogen-bond donors (Lipinski definition) is 1. The predicted octanol–water partition coefficient (Wildman–Crippen LogP) is 3.40. The molecule has 2 N–H and O–H groups in total. The monoisotopic (exact) mass is 240 g/mol. The molecule has 0 heterocycles. The van der Waals surface area contributed by atoms with E-state index in [1.807, 2.05) is 0 Å². The summed E-state index contributed by atoms with van der Waals surface area (Å²) in [6, 6.07) is 0.762. The lowest BCUT2D eigenvalue weighted by atomic mass is 9.82. The minimum absolute atomic E-state index is 0.207. The van der Waals surface area contributed by atoms with Crippen LogP contribution in [0.15, 0.2) is 0 Å². The Labute approximate surface area is 108 Å². The summed E-state index contributed by atoms with van der Waals surface area (Å²) in [4.78, 5) is 2.59. The van der Waals surface area contributed by atoms with E-state index in [1.165, 1.54) is 44.9 Å².